The molecule has 0 heterocycles. The molecule has 23 heteroatoms. The first-order valence-electron chi connectivity index (χ1n) is 22.1. The van der Waals surface area contributed by atoms with Gasteiger partial charge in [0.1, 0.15) is 27.0 Å². The van der Waals surface area contributed by atoms with Crippen molar-refractivity contribution in [1.29, 1.82) is 0 Å². The van der Waals surface area contributed by atoms with Crippen molar-refractivity contribution in [2.45, 2.75) is 37.5 Å². The summed E-state index contributed by atoms with van der Waals surface area (Å²) in [6.45, 7) is 7.44. The Balaban J connectivity index is 0.000000241. The van der Waals surface area contributed by atoms with Gasteiger partial charge >= 0.3 is 48.9 Å². The molecular formula is C52H42BaCl2N6O12S2. The van der Waals surface area contributed by atoms with Gasteiger partial charge in [0, 0.05) is 38.6 Å². The van der Waals surface area contributed by atoms with E-state index >= 15 is 0 Å². The third kappa shape index (κ3) is 14.1. The Kier molecular flexibility index (Phi) is 19.3. The summed E-state index contributed by atoms with van der Waals surface area (Å²) >= 11 is 12.0. The van der Waals surface area contributed by atoms with Gasteiger partial charge in [-0.15, -0.1) is 5.11 Å². The van der Waals surface area contributed by atoms with Crippen LogP contribution in [-0.4, -0.2) is 105 Å². The summed E-state index contributed by atoms with van der Waals surface area (Å²) in [6.07, 6.45) is 0. The molecule has 380 valence electrons. The fraction of sp³-hybridized carbons (Fsp3) is 0.115. The van der Waals surface area contributed by atoms with E-state index in [1.807, 2.05) is 13.8 Å². The number of benzene rings is 8. The monoisotopic (exact) mass is 1210 g/mol. The standard InChI is InChI=1S/2C26H22ClN3O6S.Ba/c2*1-3-36-19-9-6-8-18(14-19)28-26(32)21-11-16-7-4-5-10-20(16)24(25(21)31)30-29-22-12-17(27)13-23(15(22)2)37(33,34)35;/h2*4-14,31H,3H2,1-2H3,(H,28,32)(H,33,34,35);/q;;+2/p-2. The molecule has 0 bridgehead atoms. The molecule has 18 nitrogen and oxygen atoms in total. The van der Waals surface area contributed by atoms with Crippen molar-refractivity contribution in [3.8, 4) is 23.0 Å². The Morgan fingerprint density at radius 1 is 0.627 bits per heavy atom. The van der Waals surface area contributed by atoms with Crippen LogP contribution in [0.4, 0.5) is 34.1 Å². The van der Waals surface area contributed by atoms with Gasteiger partial charge in [0.25, 0.3) is 26.1 Å². The number of aliphatic imine (C=N–C) groups is 1. The van der Waals surface area contributed by atoms with Gasteiger partial charge in [-0.25, -0.2) is 0 Å². The maximum Gasteiger partial charge on any atom is 2.00 e. The van der Waals surface area contributed by atoms with Gasteiger partial charge in [-0.05, 0) is 122 Å². The molecule has 1 amide bonds. The van der Waals surface area contributed by atoms with Crippen LogP contribution < -0.4 is 25.0 Å². The quantitative estimate of drug-likeness (QED) is 0.0260. The average molecular weight is 1220 g/mol. The second-order valence-electron chi connectivity index (χ2n) is 15.9. The van der Waals surface area contributed by atoms with Gasteiger partial charge in [-0.3, -0.25) is 18.9 Å². The van der Waals surface area contributed by atoms with E-state index in [0.717, 1.165) is 12.1 Å². The molecule has 0 unspecified atom stereocenters. The number of azo groups is 2. The number of carbonyl (C=O) groups excluding carboxylic acids is 1. The zero-order valence-electron chi connectivity index (χ0n) is 40.1. The molecule has 0 atom stereocenters. The van der Waals surface area contributed by atoms with Crippen LogP contribution in [0.5, 0.6) is 23.0 Å². The number of phenolic OH excluding ortho intramolecular Hbond substituents is 1. The number of fused-ring (bicyclic) bond motifs is 2. The molecule has 0 aliphatic heterocycles. The normalized spacial score (nSPS) is 11.9. The van der Waals surface area contributed by atoms with E-state index in [4.69, 9.17) is 32.7 Å². The number of hydrogen-bond acceptors (Lipinski definition) is 15. The van der Waals surface area contributed by atoms with Crippen molar-refractivity contribution in [3.05, 3.63) is 166 Å². The largest absolute Gasteiger partial charge is 2.00 e. The summed E-state index contributed by atoms with van der Waals surface area (Å²) in [7, 11) is -9.13. The third-order valence-electron chi connectivity index (χ3n) is 10.9. The van der Waals surface area contributed by atoms with Crippen LogP contribution in [0.25, 0.3) is 21.5 Å². The predicted molar refractivity (Wildman–Crippen MR) is 284 cm³/mol. The molecule has 75 heavy (non-hydrogen) atoms. The van der Waals surface area contributed by atoms with Crippen molar-refractivity contribution >= 4 is 160 Å². The van der Waals surface area contributed by atoms with Crippen molar-refractivity contribution in [2.75, 3.05) is 18.5 Å². The number of nitrogens with zero attached hydrogens (tertiary/aromatic N) is 5. The Bertz CT molecular complexity index is 3830. The molecule has 0 fully saturated rings. The van der Waals surface area contributed by atoms with Gasteiger partial charge in [-0.2, -0.15) is 32.2 Å². The Hall–Kier alpha value is -6.41. The minimum atomic E-state index is -4.57. The van der Waals surface area contributed by atoms with Crippen LogP contribution in [0.3, 0.4) is 0 Å². The Morgan fingerprint density at radius 2 is 1.11 bits per heavy atom. The first kappa shape index (κ1) is 57.9. The summed E-state index contributed by atoms with van der Waals surface area (Å²) in [5.41, 5.74) is 0.687. The molecule has 0 spiro atoms. The molecule has 4 N–H and O–H groups in total. The van der Waals surface area contributed by atoms with Crippen molar-refractivity contribution in [2.24, 2.45) is 25.4 Å². The van der Waals surface area contributed by atoms with Gasteiger partial charge in [0.05, 0.1) is 41.5 Å². The fourth-order valence-electron chi connectivity index (χ4n) is 7.41. The predicted octanol–water partition coefficient (Wildman–Crippen LogP) is 11.8. The summed E-state index contributed by atoms with van der Waals surface area (Å²) in [5.74, 6) is -1.36. The zero-order valence-corrected chi connectivity index (χ0v) is 47.7. The number of ether oxygens (including phenoxy) is 2. The minimum Gasteiger partial charge on any atom is -0.871 e. The summed E-state index contributed by atoms with van der Waals surface area (Å²) in [6, 6.07) is 35.1. The fourth-order valence-corrected chi connectivity index (χ4v) is 9.50. The zero-order chi connectivity index (χ0) is 53.5. The first-order chi connectivity index (χ1) is 35.2. The molecule has 0 radical (unpaired) electrons. The van der Waals surface area contributed by atoms with E-state index in [0.29, 0.717) is 57.6 Å². The van der Waals surface area contributed by atoms with Gasteiger partial charge in [0.15, 0.2) is 5.75 Å². The maximum atomic E-state index is 13.4. The van der Waals surface area contributed by atoms with E-state index in [1.54, 1.807) is 97.1 Å². The van der Waals surface area contributed by atoms with Crippen molar-refractivity contribution in [3.63, 3.8) is 0 Å². The second kappa shape index (κ2) is 25.0. The summed E-state index contributed by atoms with van der Waals surface area (Å²) < 4.78 is 76.7. The van der Waals surface area contributed by atoms with E-state index in [-0.39, 0.29) is 104 Å². The van der Waals surface area contributed by atoms with Gasteiger partial charge < -0.3 is 30.1 Å². The van der Waals surface area contributed by atoms with Crippen LogP contribution in [0, 0.1) is 13.8 Å². The number of rotatable bonds is 14. The Morgan fingerprint density at radius 3 is 1.64 bits per heavy atom. The molecule has 0 saturated carbocycles. The topological polar surface area (TPSA) is 284 Å². The maximum absolute atomic E-state index is 13.4. The van der Waals surface area contributed by atoms with Crippen molar-refractivity contribution in [1.82, 2.24) is 0 Å². The molecule has 0 saturated heterocycles. The number of carbonyl (C=O) groups is 1. The minimum absolute atomic E-state index is 0. The SMILES string of the molecule is CCOc1cccc(N=C([O-])c2cc3ccccc3c(N=Nc3cc(Cl)cc(S(=O)(=O)O)c3C)c2[O-])c1.CCOc1cccc(NC(=O)c2cc3ccccc3c(N=Nc3cc(Cl)cc(S(=O)(=O)O)c3C)c2O)c1.[Ba+2]. The van der Waals surface area contributed by atoms with E-state index < -0.39 is 53.3 Å². The number of hydrogen-bond donors (Lipinski definition) is 4. The van der Waals surface area contributed by atoms with Crippen LogP contribution >= 0.6 is 23.2 Å². The van der Waals surface area contributed by atoms with E-state index in [1.165, 1.54) is 38.1 Å². The molecular weight excluding hydrogens is 1170 g/mol. The van der Waals surface area contributed by atoms with Crippen molar-refractivity contribution < 1.29 is 55.5 Å². The van der Waals surface area contributed by atoms with E-state index in [2.05, 4.69) is 30.8 Å². The number of nitrogens with one attached hydrogen (secondary N) is 1. The molecule has 8 aromatic carbocycles. The molecule has 8 rings (SSSR count). The van der Waals surface area contributed by atoms with E-state index in [9.17, 15) is 46.1 Å². The second-order valence-corrected chi connectivity index (χ2v) is 19.5. The number of anilines is 1. The summed E-state index contributed by atoms with van der Waals surface area (Å²) in [5, 5.41) is 58.7. The van der Waals surface area contributed by atoms with Crippen LogP contribution in [0.1, 0.15) is 40.9 Å². The number of aromatic hydroxyl groups is 1. The van der Waals surface area contributed by atoms with Gasteiger partial charge in [0.2, 0.25) is 0 Å². The van der Waals surface area contributed by atoms with Crippen LogP contribution in [0.15, 0.2) is 169 Å². The molecule has 8 aromatic rings. The molecule has 0 aromatic heterocycles. The summed E-state index contributed by atoms with van der Waals surface area (Å²) in [4.78, 5) is 16.3. The molecule has 0 aliphatic rings. The smallest absolute Gasteiger partial charge is 0.871 e. The van der Waals surface area contributed by atoms with Crippen LogP contribution in [0.2, 0.25) is 10.0 Å². The number of halogens is 2. The Labute approximate surface area is 481 Å². The third-order valence-corrected chi connectivity index (χ3v) is 13.3. The average Bonchev–Trinajstić information content (AvgIpc) is 3.34. The number of phenols is 1. The molecule has 0 aliphatic carbocycles. The number of amides is 1. The van der Waals surface area contributed by atoms with Crippen LogP contribution in [-0.2, 0) is 20.2 Å². The first-order valence-corrected chi connectivity index (χ1v) is 25.7. The van der Waals surface area contributed by atoms with Gasteiger partial charge in [-0.1, -0.05) is 89.6 Å².